The number of amides is 1. The molecule has 0 unspecified atom stereocenters. The highest BCUT2D eigenvalue weighted by Crippen LogP contribution is 2.31. The molecule has 5 nitrogen and oxygen atoms in total. The standard InChI is InChI=1S/C22H20BrNO4/c1-26-17-9-11-21(27-2)19(13-17)24-22(25)14-28-20-10-8-16(12-18(20)23)15-6-4-3-5-7-15/h3-13H,14H2,1-2H3,(H,24,25). The normalized spacial score (nSPS) is 10.2. The Morgan fingerprint density at radius 1 is 0.893 bits per heavy atom. The molecule has 0 aliphatic heterocycles. The average Bonchev–Trinajstić information content (AvgIpc) is 2.73. The van der Waals surface area contributed by atoms with Crippen LogP contribution < -0.4 is 19.5 Å². The van der Waals surface area contributed by atoms with Crippen LogP contribution in [0.2, 0.25) is 0 Å². The molecule has 0 fully saturated rings. The fourth-order valence-electron chi connectivity index (χ4n) is 2.67. The van der Waals surface area contributed by atoms with Gasteiger partial charge in [0.1, 0.15) is 17.2 Å². The van der Waals surface area contributed by atoms with Gasteiger partial charge < -0.3 is 19.5 Å². The summed E-state index contributed by atoms with van der Waals surface area (Å²) in [5.74, 6) is 1.46. The summed E-state index contributed by atoms with van der Waals surface area (Å²) in [6.07, 6.45) is 0. The van der Waals surface area contributed by atoms with Gasteiger partial charge in [-0.1, -0.05) is 36.4 Å². The molecule has 0 atom stereocenters. The molecule has 0 aliphatic rings. The van der Waals surface area contributed by atoms with Crippen LogP contribution in [0.15, 0.2) is 71.2 Å². The molecule has 3 rings (SSSR count). The first-order valence-electron chi connectivity index (χ1n) is 8.60. The van der Waals surface area contributed by atoms with Gasteiger partial charge in [-0.2, -0.15) is 0 Å². The van der Waals surface area contributed by atoms with E-state index >= 15 is 0 Å². The Hall–Kier alpha value is -2.99. The maximum absolute atomic E-state index is 12.3. The molecule has 3 aromatic rings. The minimum Gasteiger partial charge on any atom is -0.497 e. The lowest BCUT2D eigenvalue weighted by molar-refractivity contribution is -0.118. The van der Waals surface area contributed by atoms with Crippen molar-refractivity contribution in [2.45, 2.75) is 0 Å². The summed E-state index contributed by atoms with van der Waals surface area (Å²) in [5.41, 5.74) is 2.69. The van der Waals surface area contributed by atoms with E-state index in [4.69, 9.17) is 14.2 Å². The smallest absolute Gasteiger partial charge is 0.262 e. The molecule has 0 bridgehead atoms. The van der Waals surface area contributed by atoms with Crippen LogP contribution in [0.5, 0.6) is 17.2 Å². The van der Waals surface area contributed by atoms with E-state index in [1.165, 1.54) is 0 Å². The molecule has 6 heteroatoms. The van der Waals surface area contributed by atoms with E-state index in [1.54, 1.807) is 32.4 Å². The van der Waals surface area contributed by atoms with Crippen LogP contribution in [-0.2, 0) is 4.79 Å². The van der Waals surface area contributed by atoms with Gasteiger partial charge in [0.25, 0.3) is 5.91 Å². The number of hydrogen-bond donors (Lipinski definition) is 1. The van der Waals surface area contributed by atoms with Crippen molar-refractivity contribution in [2.75, 3.05) is 26.1 Å². The number of nitrogens with one attached hydrogen (secondary N) is 1. The van der Waals surface area contributed by atoms with Gasteiger partial charge in [-0.25, -0.2) is 0 Å². The topological polar surface area (TPSA) is 56.8 Å². The molecule has 0 aliphatic carbocycles. The highest BCUT2D eigenvalue weighted by atomic mass is 79.9. The minimum absolute atomic E-state index is 0.135. The molecule has 144 valence electrons. The van der Waals surface area contributed by atoms with Crippen LogP contribution in [0.3, 0.4) is 0 Å². The van der Waals surface area contributed by atoms with Crippen LogP contribution in [0.1, 0.15) is 0 Å². The van der Waals surface area contributed by atoms with E-state index in [-0.39, 0.29) is 12.5 Å². The number of anilines is 1. The van der Waals surface area contributed by atoms with E-state index in [0.29, 0.717) is 22.9 Å². The molecule has 0 saturated heterocycles. The third-order valence-corrected chi connectivity index (χ3v) is 4.70. The number of halogens is 1. The second-order valence-corrected chi connectivity index (χ2v) is 6.77. The third-order valence-electron chi connectivity index (χ3n) is 4.08. The molecule has 0 heterocycles. The summed E-state index contributed by atoms with van der Waals surface area (Å²) in [4.78, 5) is 12.3. The van der Waals surface area contributed by atoms with E-state index < -0.39 is 0 Å². The van der Waals surface area contributed by atoms with Crippen molar-refractivity contribution in [1.29, 1.82) is 0 Å². The zero-order chi connectivity index (χ0) is 19.9. The highest BCUT2D eigenvalue weighted by Gasteiger charge is 2.11. The predicted molar refractivity (Wildman–Crippen MR) is 113 cm³/mol. The van der Waals surface area contributed by atoms with E-state index in [9.17, 15) is 4.79 Å². The van der Waals surface area contributed by atoms with E-state index in [1.807, 2.05) is 48.5 Å². The van der Waals surface area contributed by atoms with Gasteiger partial charge in [0, 0.05) is 6.07 Å². The summed E-state index contributed by atoms with van der Waals surface area (Å²) >= 11 is 3.51. The molecule has 0 spiro atoms. The third kappa shape index (κ3) is 4.84. The zero-order valence-corrected chi connectivity index (χ0v) is 17.2. The predicted octanol–water partition coefficient (Wildman–Crippen LogP) is 5.15. The van der Waals surface area contributed by atoms with Crippen molar-refractivity contribution >= 4 is 27.5 Å². The Labute approximate surface area is 172 Å². The Balaban J connectivity index is 1.65. The molecule has 28 heavy (non-hydrogen) atoms. The van der Waals surface area contributed by atoms with Crippen LogP contribution in [0, 0.1) is 0 Å². The maximum Gasteiger partial charge on any atom is 0.262 e. The first-order valence-corrected chi connectivity index (χ1v) is 9.39. The van der Waals surface area contributed by atoms with Gasteiger partial charge >= 0.3 is 0 Å². The summed E-state index contributed by atoms with van der Waals surface area (Å²) in [5, 5.41) is 2.78. The van der Waals surface area contributed by atoms with Crippen LogP contribution in [-0.4, -0.2) is 26.7 Å². The van der Waals surface area contributed by atoms with Gasteiger partial charge in [-0.05, 0) is 51.3 Å². The molecular formula is C22H20BrNO4. The Morgan fingerprint density at radius 2 is 1.64 bits per heavy atom. The number of ether oxygens (including phenoxy) is 3. The molecule has 0 aromatic heterocycles. The first kappa shape index (κ1) is 19.8. The van der Waals surface area contributed by atoms with Gasteiger partial charge in [0.15, 0.2) is 6.61 Å². The fraction of sp³-hybridized carbons (Fsp3) is 0.136. The zero-order valence-electron chi connectivity index (χ0n) is 15.6. The monoisotopic (exact) mass is 441 g/mol. The van der Waals surface area contributed by atoms with Crippen molar-refractivity contribution in [3.63, 3.8) is 0 Å². The number of rotatable bonds is 7. The van der Waals surface area contributed by atoms with Crippen molar-refractivity contribution in [3.05, 3.63) is 71.2 Å². The van der Waals surface area contributed by atoms with Gasteiger partial charge in [0.05, 0.1) is 24.4 Å². The molecule has 0 radical (unpaired) electrons. The van der Waals surface area contributed by atoms with E-state index in [2.05, 4.69) is 21.2 Å². The Bertz CT molecular complexity index is 960. The maximum atomic E-state index is 12.3. The largest absolute Gasteiger partial charge is 0.497 e. The second-order valence-electron chi connectivity index (χ2n) is 5.91. The molecule has 3 aromatic carbocycles. The lowest BCUT2D eigenvalue weighted by atomic mass is 10.1. The lowest BCUT2D eigenvalue weighted by Gasteiger charge is -2.13. The van der Waals surface area contributed by atoms with Crippen molar-refractivity contribution in [1.82, 2.24) is 0 Å². The number of carbonyl (C=O) groups is 1. The minimum atomic E-state index is -0.300. The van der Waals surface area contributed by atoms with Gasteiger partial charge in [-0.3, -0.25) is 4.79 Å². The van der Waals surface area contributed by atoms with Crippen LogP contribution in [0.25, 0.3) is 11.1 Å². The van der Waals surface area contributed by atoms with Gasteiger partial charge in [0.2, 0.25) is 0 Å². The number of hydrogen-bond acceptors (Lipinski definition) is 4. The summed E-state index contributed by atoms with van der Waals surface area (Å²) < 4.78 is 16.9. The lowest BCUT2D eigenvalue weighted by Crippen LogP contribution is -2.20. The van der Waals surface area contributed by atoms with Crippen LogP contribution >= 0.6 is 15.9 Å². The average molecular weight is 442 g/mol. The molecule has 1 amide bonds. The van der Waals surface area contributed by atoms with Crippen molar-refractivity contribution in [2.24, 2.45) is 0 Å². The van der Waals surface area contributed by atoms with Crippen LogP contribution in [0.4, 0.5) is 5.69 Å². The Kier molecular flexibility index (Phi) is 6.55. The molecule has 1 N–H and O–H groups in total. The fourth-order valence-corrected chi connectivity index (χ4v) is 3.16. The second kappa shape index (κ2) is 9.28. The SMILES string of the molecule is COc1ccc(OC)c(NC(=O)COc2ccc(-c3ccccc3)cc2Br)c1. The van der Waals surface area contributed by atoms with Gasteiger partial charge in [-0.15, -0.1) is 0 Å². The summed E-state index contributed by atoms with van der Waals surface area (Å²) in [6, 6.07) is 21.0. The first-order chi connectivity index (χ1) is 13.6. The number of benzene rings is 3. The van der Waals surface area contributed by atoms with Crippen molar-refractivity contribution in [3.8, 4) is 28.4 Å². The summed E-state index contributed by atoms with van der Waals surface area (Å²) in [7, 11) is 3.10. The van der Waals surface area contributed by atoms with Crippen molar-refractivity contribution < 1.29 is 19.0 Å². The Morgan fingerprint density at radius 3 is 2.32 bits per heavy atom. The highest BCUT2D eigenvalue weighted by molar-refractivity contribution is 9.10. The summed E-state index contributed by atoms with van der Waals surface area (Å²) in [6.45, 7) is -0.135. The molecular weight excluding hydrogens is 422 g/mol. The number of carbonyl (C=O) groups excluding carboxylic acids is 1. The molecule has 0 saturated carbocycles. The number of methoxy groups -OCH3 is 2. The quantitative estimate of drug-likeness (QED) is 0.550. The van der Waals surface area contributed by atoms with E-state index in [0.717, 1.165) is 15.6 Å².